The summed E-state index contributed by atoms with van der Waals surface area (Å²) in [6.45, 7) is 1.36. The summed E-state index contributed by atoms with van der Waals surface area (Å²) in [5, 5.41) is 2.96. The van der Waals surface area contributed by atoms with Crippen molar-refractivity contribution in [3.05, 3.63) is 71.8 Å². The summed E-state index contributed by atoms with van der Waals surface area (Å²) >= 11 is 0. The molecule has 4 amide bonds. The number of nitrogens with one attached hydrogen (secondary N) is 1. The average Bonchev–Trinajstić information content (AvgIpc) is 3.52. The van der Waals surface area contributed by atoms with Crippen molar-refractivity contribution in [1.29, 1.82) is 0 Å². The summed E-state index contributed by atoms with van der Waals surface area (Å²) in [6, 6.07) is 13.7. The molecule has 2 aromatic rings. The number of carbonyl (C=O) groups excluding carboxylic acids is 3. The molecule has 0 aliphatic carbocycles. The largest absolute Gasteiger partial charge is 0.376 e. The van der Waals surface area contributed by atoms with Gasteiger partial charge in [-0.25, -0.2) is 9.18 Å². The zero-order valence-corrected chi connectivity index (χ0v) is 19.9. The van der Waals surface area contributed by atoms with Gasteiger partial charge in [-0.15, -0.1) is 0 Å². The molecule has 8 nitrogen and oxygen atoms in total. The van der Waals surface area contributed by atoms with Gasteiger partial charge in [0, 0.05) is 31.8 Å². The molecule has 0 radical (unpaired) electrons. The van der Waals surface area contributed by atoms with Crippen molar-refractivity contribution < 1.29 is 23.5 Å². The van der Waals surface area contributed by atoms with E-state index in [2.05, 4.69) is 10.3 Å². The molecule has 0 bridgehead atoms. The SMILES string of the molecule is O=C(/C(F)=C/c1ccccc1)N1CCC([C@@]2(c3ccccn3)NC(=O)N(C[C@@H]3CCCO3)C2=O)CC1. The maximum atomic E-state index is 14.7. The summed E-state index contributed by atoms with van der Waals surface area (Å²) in [4.78, 5) is 46.8. The number of urea groups is 1. The van der Waals surface area contributed by atoms with Crippen LogP contribution in [-0.4, -0.2) is 65.0 Å². The molecule has 0 unspecified atom stereocenters. The highest BCUT2D eigenvalue weighted by Crippen LogP contribution is 2.41. The second-order valence-electron chi connectivity index (χ2n) is 9.47. The van der Waals surface area contributed by atoms with Gasteiger partial charge in [0.2, 0.25) is 0 Å². The monoisotopic (exact) mass is 492 g/mol. The fraction of sp³-hybridized carbons (Fsp3) is 0.407. The highest BCUT2D eigenvalue weighted by Gasteiger charge is 2.58. The van der Waals surface area contributed by atoms with Gasteiger partial charge in [0.1, 0.15) is 0 Å². The molecule has 2 atom stereocenters. The van der Waals surface area contributed by atoms with Crippen LogP contribution in [0.25, 0.3) is 6.08 Å². The average molecular weight is 493 g/mol. The second-order valence-corrected chi connectivity index (χ2v) is 9.47. The zero-order valence-electron chi connectivity index (χ0n) is 19.9. The van der Waals surface area contributed by atoms with E-state index in [1.165, 1.54) is 15.9 Å². The molecule has 9 heteroatoms. The number of hydrogen-bond acceptors (Lipinski definition) is 5. The Morgan fingerprint density at radius 1 is 1.11 bits per heavy atom. The Morgan fingerprint density at radius 3 is 2.53 bits per heavy atom. The molecule has 0 spiro atoms. The van der Waals surface area contributed by atoms with E-state index in [0.717, 1.165) is 12.8 Å². The molecular weight excluding hydrogens is 463 g/mol. The summed E-state index contributed by atoms with van der Waals surface area (Å²) < 4.78 is 20.4. The van der Waals surface area contributed by atoms with Gasteiger partial charge in [-0.1, -0.05) is 36.4 Å². The molecule has 1 aromatic heterocycles. The minimum absolute atomic E-state index is 0.168. The van der Waals surface area contributed by atoms with E-state index in [-0.39, 0.29) is 37.6 Å². The molecule has 36 heavy (non-hydrogen) atoms. The number of piperidine rings is 1. The number of amides is 4. The molecule has 3 fully saturated rings. The fourth-order valence-electron chi connectivity index (χ4n) is 5.43. The van der Waals surface area contributed by atoms with E-state index in [0.29, 0.717) is 30.7 Å². The Bertz CT molecular complexity index is 1140. The summed E-state index contributed by atoms with van der Waals surface area (Å²) in [5.74, 6) is -2.15. The van der Waals surface area contributed by atoms with Crippen LogP contribution in [0.4, 0.5) is 9.18 Å². The van der Waals surface area contributed by atoms with Crippen LogP contribution < -0.4 is 5.32 Å². The molecule has 188 valence electrons. The normalized spacial score (nSPS) is 25.4. The lowest BCUT2D eigenvalue weighted by atomic mass is 9.75. The van der Waals surface area contributed by atoms with Crippen molar-refractivity contribution in [2.24, 2.45) is 5.92 Å². The first-order valence-electron chi connectivity index (χ1n) is 12.4. The number of rotatable bonds is 6. The van der Waals surface area contributed by atoms with Crippen molar-refractivity contribution in [2.45, 2.75) is 37.3 Å². The van der Waals surface area contributed by atoms with E-state index >= 15 is 0 Å². The minimum atomic E-state index is -1.33. The van der Waals surface area contributed by atoms with E-state index < -0.39 is 23.3 Å². The number of carbonyl (C=O) groups is 3. The van der Waals surface area contributed by atoms with Gasteiger partial charge in [-0.3, -0.25) is 19.5 Å². The number of pyridine rings is 1. The van der Waals surface area contributed by atoms with Crippen molar-refractivity contribution in [3.63, 3.8) is 0 Å². The van der Waals surface area contributed by atoms with Crippen molar-refractivity contribution in [3.8, 4) is 0 Å². The van der Waals surface area contributed by atoms with Crippen LogP contribution in [0.3, 0.4) is 0 Å². The first-order valence-corrected chi connectivity index (χ1v) is 12.4. The number of hydrogen-bond donors (Lipinski definition) is 1. The van der Waals surface area contributed by atoms with E-state index in [1.807, 2.05) is 6.07 Å². The molecule has 0 saturated carbocycles. The number of nitrogens with zero attached hydrogens (tertiary/aromatic N) is 3. The lowest BCUT2D eigenvalue weighted by molar-refractivity contribution is -0.136. The van der Waals surface area contributed by atoms with Crippen LogP contribution in [0.5, 0.6) is 0 Å². The van der Waals surface area contributed by atoms with Gasteiger partial charge in [-0.2, -0.15) is 0 Å². The Hall–Kier alpha value is -3.59. The standard InChI is InChI=1S/C27H29FN4O4/c28-22(17-19-7-2-1-3-8-19)24(33)31-14-11-20(12-15-31)27(23-10-4-5-13-29-23)25(34)32(26(35)30-27)18-21-9-6-16-36-21/h1-5,7-8,10,13,17,20-21H,6,9,11-12,14-16,18H2,(H,30,35)/b22-17-/t21-,27-/m0/s1. The molecule has 4 heterocycles. The van der Waals surface area contributed by atoms with Crippen LogP contribution in [0.1, 0.15) is 36.9 Å². The molecule has 3 aliphatic heterocycles. The highest BCUT2D eigenvalue weighted by molar-refractivity contribution is 6.07. The van der Waals surface area contributed by atoms with Gasteiger partial charge in [0.15, 0.2) is 11.4 Å². The third-order valence-electron chi connectivity index (χ3n) is 7.30. The summed E-state index contributed by atoms with van der Waals surface area (Å²) in [6.07, 6.45) is 5.20. The number of imide groups is 1. The first kappa shape index (κ1) is 24.1. The zero-order chi connectivity index (χ0) is 25.1. The summed E-state index contributed by atoms with van der Waals surface area (Å²) in [7, 11) is 0. The topological polar surface area (TPSA) is 91.8 Å². The second kappa shape index (κ2) is 10.2. The molecule has 1 aromatic carbocycles. The maximum Gasteiger partial charge on any atom is 0.325 e. The number of ether oxygens (including phenoxy) is 1. The molecule has 1 N–H and O–H groups in total. The third-order valence-corrected chi connectivity index (χ3v) is 7.30. The smallest absolute Gasteiger partial charge is 0.325 e. The van der Waals surface area contributed by atoms with Crippen molar-refractivity contribution in [2.75, 3.05) is 26.2 Å². The van der Waals surface area contributed by atoms with Crippen LogP contribution in [0, 0.1) is 5.92 Å². The van der Waals surface area contributed by atoms with Crippen LogP contribution in [0.2, 0.25) is 0 Å². The Balaban J connectivity index is 1.34. The number of halogens is 1. The Labute approximate surface area is 209 Å². The number of likely N-dealkylation sites (tertiary alicyclic amines) is 1. The quantitative estimate of drug-likeness (QED) is 0.494. The van der Waals surface area contributed by atoms with E-state index in [9.17, 15) is 18.8 Å². The Morgan fingerprint density at radius 2 is 1.86 bits per heavy atom. The van der Waals surface area contributed by atoms with Crippen LogP contribution in [0.15, 0.2) is 60.6 Å². The summed E-state index contributed by atoms with van der Waals surface area (Å²) in [5.41, 5.74) is -0.249. The van der Waals surface area contributed by atoms with Crippen molar-refractivity contribution >= 4 is 23.9 Å². The van der Waals surface area contributed by atoms with Gasteiger partial charge >= 0.3 is 6.03 Å². The Kier molecular flexibility index (Phi) is 6.82. The molecule has 3 aliphatic rings. The first-order chi connectivity index (χ1) is 17.5. The number of aromatic nitrogens is 1. The fourth-order valence-corrected chi connectivity index (χ4v) is 5.43. The predicted octanol–water partition coefficient (Wildman–Crippen LogP) is 3.26. The minimum Gasteiger partial charge on any atom is -0.376 e. The van der Waals surface area contributed by atoms with E-state index in [1.54, 1.807) is 48.7 Å². The van der Waals surface area contributed by atoms with Crippen LogP contribution >= 0.6 is 0 Å². The highest BCUT2D eigenvalue weighted by atomic mass is 19.1. The van der Waals surface area contributed by atoms with E-state index in [4.69, 9.17) is 4.74 Å². The van der Waals surface area contributed by atoms with Gasteiger partial charge in [0.25, 0.3) is 11.8 Å². The van der Waals surface area contributed by atoms with Gasteiger partial charge in [0.05, 0.1) is 18.3 Å². The lowest BCUT2D eigenvalue weighted by Crippen LogP contribution is -2.54. The maximum absolute atomic E-state index is 14.7. The molecular formula is C27H29FN4O4. The van der Waals surface area contributed by atoms with Crippen LogP contribution in [-0.2, 0) is 19.9 Å². The predicted molar refractivity (Wildman–Crippen MR) is 130 cm³/mol. The van der Waals surface area contributed by atoms with Gasteiger partial charge in [-0.05, 0) is 49.5 Å². The van der Waals surface area contributed by atoms with Crippen molar-refractivity contribution in [1.82, 2.24) is 20.1 Å². The number of benzene rings is 1. The third kappa shape index (κ3) is 4.51. The molecule has 3 saturated heterocycles. The lowest BCUT2D eigenvalue weighted by Gasteiger charge is -2.40. The van der Waals surface area contributed by atoms with Gasteiger partial charge < -0.3 is 15.0 Å². The molecule has 5 rings (SSSR count).